The van der Waals surface area contributed by atoms with Crippen LogP contribution in [0.25, 0.3) is 0 Å². The van der Waals surface area contributed by atoms with E-state index in [1.807, 2.05) is 0 Å². The molecule has 0 unspecified atom stereocenters. The molecule has 0 fully saturated rings. The molecule has 0 aromatic heterocycles. The molecule has 1 N–H and O–H groups in total. The highest BCUT2D eigenvalue weighted by Crippen LogP contribution is 2.26. The van der Waals surface area contributed by atoms with Gasteiger partial charge in [-0.15, -0.1) is 0 Å². The number of benzene rings is 2. The van der Waals surface area contributed by atoms with E-state index in [4.69, 9.17) is 4.74 Å². The van der Waals surface area contributed by atoms with Crippen LogP contribution >= 0.6 is 15.9 Å². The number of methoxy groups -OCH3 is 1. The van der Waals surface area contributed by atoms with Gasteiger partial charge in [-0.3, -0.25) is 4.79 Å². The van der Waals surface area contributed by atoms with Crippen molar-refractivity contribution < 1.29 is 32.2 Å². The van der Waals surface area contributed by atoms with Crippen molar-refractivity contribution in [2.45, 2.75) is 0 Å². The van der Waals surface area contributed by atoms with Gasteiger partial charge in [0.2, 0.25) is 0 Å². The van der Waals surface area contributed by atoms with Gasteiger partial charge < -0.3 is 14.8 Å². The summed E-state index contributed by atoms with van der Waals surface area (Å²) in [6, 6.07) is 5.02. The van der Waals surface area contributed by atoms with E-state index in [9.17, 15) is 22.8 Å². The topological polar surface area (TPSA) is 64.6 Å². The number of esters is 1. The van der Waals surface area contributed by atoms with E-state index in [1.54, 1.807) is 0 Å². The number of hydrogen-bond donors (Lipinski definition) is 1. The Balaban J connectivity index is 1.99. The van der Waals surface area contributed by atoms with Gasteiger partial charge in [-0.25, -0.2) is 18.0 Å². The fourth-order valence-corrected chi connectivity index (χ4v) is 2.34. The van der Waals surface area contributed by atoms with Crippen molar-refractivity contribution >= 4 is 33.5 Å². The maximum Gasteiger partial charge on any atom is 0.341 e. The Labute approximate surface area is 148 Å². The van der Waals surface area contributed by atoms with Crippen molar-refractivity contribution in [3.05, 3.63) is 57.8 Å². The zero-order valence-corrected chi connectivity index (χ0v) is 14.3. The van der Waals surface area contributed by atoms with Gasteiger partial charge >= 0.3 is 5.97 Å². The fourth-order valence-electron chi connectivity index (χ4n) is 1.83. The summed E-state index contributed by atoms with van der Waals surface area (Å²) in [5.41, 5.74) is -0.694. The molecule has 0 saturated heterocycles. The van der Waals surface area contributed by atoms with E-state index in [2.05, 4.69) is 26.0 Å². The maximum atomic E-state index is 13.7. The number of halogens is 4. The highest BCUT2D eigenvalue weighted by atomic mass is 79.9. The molecule has 0 heterocycles. The summed E-state index contributed by atoms with van der Waals surface area (Å²) in [6.07, 6.45) is 0. The molecule has 0 radical (unpaired) electrons. The number of amides is 1. The largest absolute Gasteiger partial charge is 0.497 e. The fraction of sp³-hybridized carbons (Fsp3) is 0.125. The van der Waals surface area contributed by atoms with Gasteiger partial charge in [-0.2, -0.15) is 0 Å². The monoisotopic (exact) mass is 417 g/mol. The predicted molar refractivity (Wildman–Crippen MR) is 85.9 cm³/mol. The van der Waals surface area contributed by atoms with E-state index in [0.29, 0.717) is 6.07 Å². The molecule has 0 aliphatic carbocycles. The van der Waals surface area contributed by atoms with Crippen LogP contribution in [-0.4, -0.2) is 25.6 Å². The van der Waals surface area contributed by atoms with Crippen LogP contribution in [0.1, 0.15) is 10.4 Å². The third kappa shape index (κ3) is 4.72. The van der Waals surface area contributed by atoms with Gasteiger partial charge in [0, 0.05) is 16.6 Å². The Hall–Kier alpha value is -2.55. The molecular weight excluding hydrogens is 407 g/mol. The highest BCUT2D eigenvalue weighted by Gasteiger charge is 2.17. The smallest absolute Gasteiger partial charge is 0.341 e. The van der Waals surface area contributed by atoms with Crippen LogP contribution in [0.5, 0.6) is 5.75 Å². The second-order valence-corrected chi connectivity index (χ2v) is 5.57. The zero-order valence-electron chi connectivity index (χ0n) is 12.7. The summed E-state index contributed by atoms with van der Waals surface area (Å²) in [7, 11) is 1.34. The van der Waals surface area contributed by atoms with Crippen molar-refractivity contribution in [2.24, 2.45) is 0 Å². The van der Waals surface area contributed by atoms with Crippen LogP contribution in [0.3, 0.4) is 0 Å². The van der Waals surface area contributed by atoms with Crippen molar-refractivity contribution in [1.29, 1.82) is 0 Å². The second kappa shape index (κ2) is 8.02. The van der Waals surface area contributed by atoms with Crippen LogP contribution in [-0.2, 0) is 9.53 Å². The first-order valence-electron chi connectivity index (χ1n) is 6.77. The first-order valence-corrected chi connectivity index (χ1v) is 7.56. The molecule has 9 heteroatoms. The molecule has 0 spiro atoms. The average molecular weight is 418 g/mol. The molecule has 132 valence electrons. The Kier molecular flexibility index (Phi) is 6.02. The summed E-state index contributed by atoms with van der Waals surface area (Å²) >= 11 is 2.90. The Morgan fingerprint density at radius 1 is 1.12 bits per heavy atom. The van der Waals surface area contributed by atoms with Crippen LogP contribution in [0.15, 0.2) is 34.8 Å². The van der Waals surface area contributed by atoms with E-state index in [-0.39, 0.29) is 21.5 Å². The summed E-state index contributed by atoms with van der Waals surface area (Å²) in [4.78, 5) is 23.5. The van der Waals surface area contributed by atoms with Gasteiger partial charge in [0.15, 0.2) is 12.4 Å². The molecule has 2 aromatic rings. The molecule has 0 saturated carbocycles. The first-order chi connectivity index (χ1) is 11.8. The molecule has 0 atom stereocenters. The average Bonchev–Trinajstić information content (AvgIpc) is 2.55. The Morgan fingerprint density at radius 2 is 1.84 bits per heavy atom. The molecular formula is C16H11BrF3NO4. The lowest BCUT2D eigenvalue weighted by Crippen LogP contribution is -2.22. The van der Waals surface area contributed by atoms with Gasteiger partial charge in [0.25, 0.3) is 5.91 Å². The number of carbonyl (C=O) groups is 2. The predicted octanol–water partition coefficient (Wildman–Crippen LogP) is 3.67. The summed E-state index contributed by atoms with van der Waals surface area (Å²) < 4.78 is 49.8. The molecule has 1 amide bonds. The van der Waals surface area contributed by atoms with Crippen LogP contribution in [0.2, 0.25) is 0 Å². The van der Waals surface area contributed by atoms with Gasteiger partial charge in [-0.05, 0) is 34.1 Å². The number of ether oxygens (including phenoxy) is 2. The number of carbonyl (C=O) groups excluding carboxylic acids is 2. The van der Waals surface area contributed by atoms with E-state index in [0.717, 1.165) is 18.2 Å². The van der Waals surface area contributed by atoms with Crippen molar-refractivity contribution in [1.82, 2.24) is 0 Å². The maximum absolute atomic E-state index is 13.7. The lowest BCUT2D eigenvalue weighted by atomic mass is 10.2. The summed E-state index contributed by atoms with van der Waals surface area (Å²) in [6.45, 7) is -0.784. The van der Waals surface area contributed by atoms with Gasteiger partial charge in [-0.1, -0.05) is 0 Å². The van der Waals surface area contributed by atoms with E-state index in [1.165, 1.54) is 13.2 Å². The lowest BCUT2D eigenvalue weighted by Gasteiger charge is -2.10. The number of rotatable bonds is 5. The Bertz CT molecular complexity index is 806. The van der Waals surface area contributed by atoms with E-state index >= 15 is 0 Å². The molecule has 0 aliphatic heterocycles. The zero-order chi connectivity index (χ0) is 18.6. The minimum absolute atomic E-state index is 0.0223. The number of anilines is 1. The first kappa shape index (κ1) is 18.8. The molecule has 2 aromatic carbocycles. The minimum Gasteiger partial charge on any atom is -0.497 e. The van der Waals surface area contributed by atoms with Crippen LogP contribution < -0.4 is 10.1 Å². The number of hydrogen-bond acceptors (Lipinski definition) is 4. The summed E-state index contributed by atoms with van der Waals surface area (Å²) in [5, 5.41) is 2.13. The standard InChI is InChI=1S/C16H11BrF3NO4/c1-24-9-2-3-10(12(19)6-9)16(23)25-7-14(22)21-15-11(17)4-8(18)5-13(15)20/h2-6H,7H2,1H3,(H,21,22). The molecule has 2 rings (SSSR count). The van der Waals surface area contributed by atoms with Crippen molar-refractivity contribution in [2.75, 3.05) is 19.0 Å². The second-order valence-electron chi connectivity index (χ2n) is 4.71. The quantitative estimate of drug-likeness (QED) is 0.753. The van der Waals surface area contributed by atoms with Crippen LogP contribution in [0.4, 0.5) is 18.9 Å². The molecule has 25 heavy (non-hydrogen) atoms. The van der Waals surface area contributed by atoms with Crippen molar-refractivity contribution in [3.63, 3.8) is 0 Å². The normalized spacial score (nSPS) is 10.3. The molecule has 0 aliphatic rings. The van der Waals surface area contributed by atoms with E-state index < -0.39 is 35.9 Å². The minimum atomic E-state index is -1.08. The Morgan fingerprint density at radius 3 is 2.44 bits per heavy atom. The third-order valence-corrected chi connectivity index (χ3v) is 3.63. The molecule has 0 bridgehead atoms. The molecule has 5 nitrogen and oxygen atoms in total. The number of nitrogens with one attached hydrogen (secondary N) is 1. The van der Waals surface area contributed by atoms with Crippen LogP contribution in [0, 0.1) is 17.5 Å². The third-order valence-electron chi connectivity index (χ3n) is 3.00. The van der Waals surface area contributed by atoms with Gasteiger partial charge in [0.05, 0.1) is 18.4 Å². The lowest BCUT2D eigenvalue weighted by molar-refractivity contribution is -0.119. The summed E-state index contributed by atoms with van der Waals surface area (Å²) in [5.74, 6) is -4.46. The van der Waals surface area contributed by atoms with Gasteiger partial charge in [0.1, 0.15) is 17.4 Å². The highest BCUT2D eigenvalue weighted by molar-refractivity contribution is 9.10. The SMILES string of the molecule is COc1ccc(C(=O)OCC(=O)Nc2c(F)cc(F)cc2Br)c(F)c1. The van der Waals surface area contributed by atoms with Crippen molar-refractivity contribution in [3.8, 4) is 5.75 Å².